The smallest absolute Gasteiger partial charge is 0.369 e. The van der Waals surface area contributed by atoms with Crippen LogP contribution in [-0.4, -0.2) is 31.2 Å². The van der Waals surface area contributed by atoms with Gasteiger partial charge in [-0.25, -0.2) is 4.98 Å². The number of nitrogens with zero attached hydrogens (tertiary/aromatic N) is 2. The maximum absolute atomic E-state index is 12.9. The molecule has 0 unspecified atom stereocenters. The van der Waals surface area contributed by atoms with Gasteiger partial charge in [-0.2, -0.15) is 13.2 Å². The summed E-state index contributed by atoms with van der Waals surface area (Å²) in [6, 6.07) is 2.13. The van der Waals surface area contributed by atoms with Crippen LogP contribution in [-0.2, 0) is 6.18 Å². The maximum atomic E-state index is 12.9. The Hall–Kier alpha value is -1.50. The molecule has 106 valence electrons. The normalized spacial score (nSPS) is 15.9. The lowest BCUT2D eigenvalue weighted by Gasteiger charge is -2.19. The van der Waals surface area contributed by atoms with E-state index in [1.165, 1.54) is 0 Å². The van der Waals surface area contributed by atoms with Gasteiger partial charge >= 0.3 is 6.18 Å². The van der Waals surface area contributed by atoms with E-state index < -0.39 is 11.7 Å². The molecule has 1 aliphatic heterocycles. The van der Waals surface area contributed by atoms with E-state index in [0.717, 1.165) is 38.1 Å². The molecule has 0 amide bonds. The minimum absolute atomic E-state index is 0.224. The average Bonchev–Trinajstić information content (AvgIpc) is 2.89. The lowest BCUT2D eigenvalue weighted by molar-refractivity contribution is -0.137. The van der Waals surface area contributed by atoms with Crippen molar-refractivity contribution >= 4 is 11.6 Å². The van der Waals surface area contributed by atoms with Crippen LogP contribution in [0.2, 0.25) is 0 Å². The molecule has 0 saturated carbocycles. The molecule has 7 heteroatoms. The van der Waals surface area contributed by atoms with Crippen LogP contribution in [0.25, 0.3) is 0 Å². The van der Waals surface area contributed by atoms with Gasteiger partial charge in [0, 0.05) is 26.2 Å². The van der Waals surface area contributed by atoms with E-state index in [9.17, 15) is 13.2 Å². The molecule has 0 bridgehead atoms. The van der Waals surface area contributed by atoms with Crippen molar-refractivity contribution in [2.75, 3.05) is 36.4 Å². The molecule has 2 rings (SSSR count). The van der Waals surface area contributed by atoms with Crippen LogP contribution in [0.5, 0.6) is 0 Å². The summed E-state index contributed by atoms with van der Waals surface area (Å²) in [7, 11) is 0. The zero-order chi connectivity index (χ0) is 13.9. The molecule has 1 aliphatic rings. The fraction of sp³-hybridized carbons (Fsp3) is 0.583. The summed E-state index contributed by atoms with van der Waals surface area (Å²) in [5.41, 5.74) is 4.66. The molecule has 0 radical (unpaired) electrons. The molecule has 0 aromatic carbocycles. The molecule has 0 spiro atoms. The molecule has 19 heavy (non-hydrogen) atoms. The summed E-state index contributed by atoms with van der Waals surface area (Å²) in [6.07, 6.45) is -2.39. The highest BCUT2D eigenvalue weighted by atomic mass is 19.4. The highest BCUT2D eigenvalue weighted by molar-refractivity contribution is 5.51. The molecule has 1 fully saturated rings. The second-order valence-corrected chi connectivity index (χ2v) is 4.51. The fourth-order valence-corrected chi connectivity index (χ4v) is 2.08. The van der Waals surface area contributed by atoms with Gasteiger partial charge in [0.1, 0.15) is 11.6 Å². The molecule has 0 aliphatic carbocycles. The highest BCUT2D eigenvalue weighted by Gasteiger charge is 2.32. The summed E-state index contributed by atoms with van der Waals surface area (Å²) in [6.45, 7) is 2.25. The molecule has 0 atom stereocenters. The van der Waals surface area contributed by atoms with Crippen LogP contribution in [0.15, 0.2) is 12.1 Å². The predicted molar refractivity (Wildman–Crippen MR) is 68.2 cm³/mol. The minimum Gasteiger partial charge on any atom is -0.369 e. The molecule has 1 aromatic heterocycles. The number of hydrogen-bond donors (Lipinski definition) is 2. The number of alkyl halides is 3. The number of aromatic nitrogens is 1. The molecule has 1 saturated heterocycles. The fourth-order valence-electron chi connectivity index (χ4n) is 2.08. The lowest BCUT2D eigenvalue weighted by atomic mass is 10.2. The van der Waals surface area contributed by atoms with Gasteiger partial charge in [0.15, 0.2) is 0 Å². The van der Waals surface area contributed by atoms with E-state index in [2.05, 4.69) is 10.3 Å². The van der Waals surface area contributed by atoms with E-state index in [0.29, 0.717) is 18.9 Å². The Morgan fingerprint density at radius 3 is 2.53 bits per heavy atom. The van der Waals surface area contributed by atoms with E-state index in [1.807, 2.05) is 4.90 Å². The number of nitrogens with one attached hydrogen (secondary N) is 1. The topological polar surface area (TPSA) is 54.2 Å². The van der Waals surface area contributed by atoms with E-state index >= 15 is 0 Å². The Bertz CT molecular complexity index is 427. The van der Waals surface area contributed by atoms with Crippen molar-refractivity contribution in [1.82, 2.24) is 4.98 Å². The third-order valence-electron chi connectivity index (χ3n) is 3.02. The van der Waals surface area contributed by atoms with Crippen LogP contribution in [0.3, 0.4) is 0 Å². The Labute approximate surface area is 109 Å². The van der Waals surface area contributed by atoms with E-state index in [1.54, 1.807) is 0 Å². The zero-order valence-corrected chi connectivity index (χ0v) is 10.5. The van der Waals surface area contributed by atoms with Gasteiger partial charge in [-0.15, -0.1) is 0 Å². The first-order chi connectivity index (χ1) is 9.00. The Kier molecular flexibility index (Phi) is 4.14. The summed E-state index contributed by atoms with van der Waals surface area (Å²) in [5.74, 6) is 0.606. The molecule has 4 nitrogen and oxygen atoms in total. The molecular weight excluding hydrogens is 257 g/mol. The SMILES string of the molecule is NCCNc1cc(C(F)(F)F)cc(N2CCCC2)n1. The number of rotatable bonds is 4. The number of anilines is 2. The predicted octanol–water partition coefficient (Wildman–Crippen LogP) is 2.07. The first kappa shape index (κ1) is 13.9. The summed E-state index contributed by atoms with van der Waals surface area (Å²) >= 11 is 0. The van der Waals surface area contributed by atoms with Crippen molar-refractivity contribution < 1.29 is 13.2 Å². The van der Waals surface area contributed by atoms with Crippen molar-refractivity contribution in [3.05, 3.63) is 17.7 Å². The maximum Gasteiger partial charge on any atom is 0.416 e. The Morgan fingerprint density at radius 2 is 1.95 bits per heavy atom. The van der Waals surface area contributed by atoms with Crippen LogP contribution >= 0.6 is 0 Å². The molecule has 3 N–H and O–H groups in total. The van der Waals surface area contributed by atoms with Crippen molar-refractivity contribution in [2.45, 2.75) is 19.0 Å². The number of pyridine rings is 1. The molecule has 2 heterocycles. The van der Waals surface area contributed by atoms with Crippen LogP contribution < -0.4 is 16.0 Å². The number of hydrogen-bond acceptors (Lipinski definition) is 4. The third-order valence-corrected chi connectivity index (χ3v) is 3.02. The number of halogens is 3. The summed E-state index contributed by atoms with van der Waals surface area (Å²) < 4.78 is 38.6. The van der Waals surface area contributed by atoms with Gasteiger partial charge in [-0.3, -0.25) is 0 Å². The highest BCUT2D eigenvalue weighted by Crippen LogP contribution is 2.33. The first-order valence-corrected chi connectivity index (χ1v) is 6.29. The Balaban J connectivity index is 2.30. The number of nitrogens with two attached hydrogens (primary N) is 1. The largest absolute Gasteiger partial charge is 0.416 e. The van der Waals surface area contributed by atoms with Crippen LogP contribution in [0.4, 0.5) is 24.8 Å². The van der Waals surface area contributed by atoms with Gasteiger partial charge in [-0.1, -0.05) is 0 Å². The van der Waals surface area contributed by atoms with Crippen molar-refractivity contribution in [3.63, 3.8) is 0 Å². The van der Waals surface area contributed by atoms with Crippen molar-refractivity contribution in [1.29, 1.82) is 0 Å². The van der Waals surface area contributed by atoms with Gasteiger partial charge in [0.25, 0.3) is 0 Å². The minimum atomic E-state index is -4.36. The van der Waals surface area contributed by atoms with Gasteiger partial charge in [0.05, 0.1) is 5.56 Å². The van der Waals surface area contributed by atoms with Crippen molar-refractivity contribution in [3.8, 4) is 0 Å². The standard InChI is InChI=1S/C12H17F3N4/c13-12(14,15)9-7-10(17-4-3-16)18-11(8-9)19-5-1-2-6-19/h7-8H,1-6,16H2,(H,17,18). The summed E-state index contributed by atoms with van der Waals surface area (Å²) in [4.78, 5) is 6.10. The monoisotopic (exact) mass is 274 g/mol. The molecular formula is C12H17F3N4. The van der Waals surface area contributed by atoms with E-state index in [4.69, 9.17) is 5.73 Å². The lowest BCUT2D eigenvalue weighted by Crippen LogP contribution is -2.21. The third kappa shape index (κ3) is 3.50. The van der Waals surface area contributed by atoms with Crippen LogP contribution in [0.1, 0.15) is 18.4 Å². The van der Waals surface area contributed by atoms with Crippen molar-refractivity contribution in [2.24, 2.45) is 5.73 Å². The Morgan fingerprint density at radius 1 is 1.26 bits per heavy atom. The van der Waals surface area contributed by atoms with Gasteiger partial charge < -0.3 is 16.0 Å². The quantitative estimate of drug-likeness (QED) is 0.882. The second-order valence-electron chi connectivity index (χ2n) is 4.51. The van der Waals surface area contributed by atoms with E-state index in [-0.39, 0.29) is 5.82 Å². The first-order valence-electron chi connectivity index (χ1n) is 6.29. The zero-order valence-electron chi connectivity index (χ0n) is 10.5. The average molecular weight is 274 g/mol. The van der Waals surface area contributed by atoms with Gasteiger partial charge in [-0.05, 0) is 25.0 Å². The van der Waals surface area contributed by atoms with Gasteiger partial charge in [0.2, 0.25) is 0 Å². The summed E-state index contributed by atoms with van der Waals surface area (Å²) in [5, 5.41) is 2.81. The molecule has 1 aromatic rings. The second kappa shape index (κ2) is 5.64. The van der Waals surface area contributed by atoms with Crippen LogP contribution in [0, 0.1) is 0 Å².